The molecule has 0 fully saturated rings. The monoisotopic (exact) mass is 377 g/mol. The molecule has 2 aromatic carbocycles. The van der Waals surface area contributed by atoms with Gasteiger partial charge in [-0.25, -0.2) is 4.68 Å². The Labute approximate surface area is 163 Å². The minimum atomic E-state index is -0.307. The molecule has 0 unspecified atom stereocenters. The van der Waals surface area contributed by atoms with Crippen LogP contribution in [0.5, 0.6) is 5.75 Å². The molecule has 1 amide bonds. The molecule has 28 heavy (non-hydrogen) atoms. The number of hydrogen-bond donors (Lipinski definition) is 1. The number of methoxy groups -OCH3 is 1. The van der Waals surface area contributed by atoms with Gasteiger partial charge in [-0.1, -0.05) is 42.0 Å². The summed E-state index contributed by atoms with van der Waals surface area (Å²) >= 11 is 0. The Balaban J connectivity index is 1.61. The van der Waals surface area contributed by atoms with Gasteiger partial charge >= 0.3 is 0 Å². The zero-order chi connectivity index (χ0) is 19.9. The molecular formula is C22H23N3O3. The molecule has 1 heterocycles. The van der Waals surface area contributed by atoms with Crippen molar-refractivity contribution in [3.8, 4) is 17.0 Å². The van der Waals surface area contributed by atoms with E-state index >= 15 is 0 Å². The average Bonchev–Trinajstić information content (AvgIpc) is 2.70. The minimum Gasteiger partial charge on any atom is -0.497 e. The van der Waals surface area contributed by atoms with E-state index in [1.165, 1.54) is 10.7 Å². The van der Waals surface area contributed by atoms with Crippen molar-refractivity contribution in [3.63, 3.8) is 0 Å². The molecule has 0 radical (unpaired) electrons. The highest BCUT2D eigenvalue weighted by Gasteiger charge is 2.08. The molecule has 0 saturated heterocycles. The van der Waals surface area contributed by atoms with Crippen molar-refractivity contribution in [3.05, 3.63) is 82.1 Å². The number of hydrogen-bond acceptors (Lipinski definition) is 4. The van der Waals surface area contributed by atoms with Crippen molar-refractivity contribution in [2.75, 3.05) is 13.7 Å². The fourth-order valence-corrected chi connectivity index (χ4v) is 2.81. The fraction of sp³-hybridized carbons (Fsp3) is 0.227. The third-order valence-corrected chi connectivity index (χ3v) is 4.38. The summed E-state index contributed by atoms with van der Waals surface area (Å²) in [6.45, 7) is 2.36. The van der Waals surface area contributed by atoms with Gasteiger partial charge in [0.1, 0.15) is 12.3 Å². The van der Waals surface area contributed by atoms with E-state index in [9.17, 15) is 9.59 Å². The van der Waals surface area contributed by atoms with Crippen LogP contribution in [-0.2, 0) is 17.8 Å². The fourth-order valence-electron chi connectivity index (χ4n) is 2.81. The first-order valence-electron chi connectivity index (χ1n) is 9.10. The quantitative estimate of drug-likeness (QED) is 0.687. The summed E-state index contributed by atoms with van der Waals surface area (Å²) in [5.41, 5.74) is 3.46. The number of ether oxygens (including phenoxy) is 1. The number of nitrogens with zero attached hydrogens (tertiary/aromatic N) is 2. The van der Waals surface area contributed by atoms with Gasteiger partial charge in [0.2, 0.25) is 5.91 Å². The zero-order valence-corrected chi connectivity index (χ0v) is 16.0. The van der Waals surface area contributed by atoms with E-state index in [0.29, 0.717) is 18.7 Å². The van der Waals surface area contributed by atoms with Crippen molar-refractivity contribution >= 4 is 5.91 Å². The molecule has 0 bridgehead atoms. The van der Waals surface area contributed by atoms with Crippen molar-refractivity contribution < 1.29 is 9.53 Å². The van der Waals surface area contributed by atoms with E-state index in [-0.39, 0.29) is 18.0 Å². The maximum Gasteiger partial charge on any atom is 0.267 e. The molecule has 3 rings (SSSR count). The molecule has 0 aliphatic heterocycles. The third-order valence-electron chi connectivity index (χ3n) is 4.38. The Bertz CT molecular complexity index is 1010. The molecular weight excluding hydrogens is 354 g/mol. The third kappa shape index (κ3) is 5.07. The maximum absolute atomic E-state index is 12.2. The Morgan fingerprint density at radius 2 is 1.89 bits per heavy atom. The number of benzene rings is 2. The normalized spacial score (nSPS) is 10.5. The van der Waals surface area contributed by atoms with Crippen molar-refractivity contribution in [1.29, 1.82) is 0 Å². The molecule has 0 aliphatic carbocycles. The van der Waals surface area contributed by atoms with Crippen LogP contribution in [0.2, 0.25) is 0 Å². The van der Waals surface area contributed by atoms with Crippen LogP contribution in [0.15, 0.2) is 65.5 Å². The largest absolute Gasteiger partial charge is 0.497 e. The summed E-state index contributed by atoms with van der Waals surface area (Å²) in [6, 6.07) is 18.7. The van der Waals surface area contributed by atoms with Crippen LogP contribution < -0.4 is 15.6 Å². The van der Waals surface area contributed by atoms with Crippen LogP contribution in [0.4, 0.5) is 0 Å². The van der Waals surface area contributed by atoms with Gasteiger partial charge in [0.25, 0.3) is 5.56 Å². The number of aromatic nitrogens is 2. The van der Waals surface area contributed by atoms with Crippen molar-refractivity contribution in [2.24, 2.45) is 0 Å². The Hall–Kier alpha value is -3.41. The highest BCUT2D eigenvalue weighted by atomic mass is 16.5. The zero-order valence-electron chi connectivity index (χ0n) is 16.0. The standard InChI is InChI=1S/C22H23N3O3/c1-16-6-8-18(9-7-16)20-10-11-22(27)25(24-20)15-21(26)23-13-12-17-4-3-5-19(14-17)28-2/h3-11,14H,12-13,15H2,1-2H3,(H,23,26). The van der Waals surface area contributed by atoms with Crippen LogP contribution in [-0.4, -0.2) is 29.3 Å². The van der Waals surface area contributed by atoms with Crippen molar-refractivity contribution in [2.45, 2.75) is 19.9 Å². The topological polar surface area (TPSA) is 73.2 Å². The van der Waals surface area contributed by atoms with Gasteiger partial charge in [0.05, 0.1) is 12.8 Å². The predicted octanol–water partition coefficient (Wildman–Crippen LogP) is 2.59. The van der Waals surface area contributed by atoms with Crippen LogP contribution >= 0.6 is 0 Å². The van der Waals surface area contributed by atoms with Crippen molar-refractivity contribution in [1.82, 2.24) is 15.1 Å². The molecule has 1 N–H and O–H groups in total. The van der Waals surface area contributed by atoms with Gasteiger partial charge in [-0.15, -0.1) is 0 Å². The summed E-state index contributed by atoms with van der Waals surface area (Å²) in [6.07, 6.45) is 0.675. The molecule has 1 aromatic heterocycles. The predicted molar refractivity (Wildman–Crippen MR) is 108 cm³/mol. The lowest BCUT2D eigenvalue weighted by Crippen LogP contribution is -2.34. The van der Waals surface area contributed by atoms with E-state index in [1.807, 2.05) is 55.5 Å². The first-order chi connectivity index (χ1) is 13.5. The van der Waals surface area contributed by atoms with Crippen LogP contribution in [0.25, 0.3) is 11.3 Å². The molecule has 6 nitrogen and oxygen atoms in total. The van der Waals surface area contributed by atoms with Crippen LogP contribution in [0, 0.1) is 6.92 Å². The first kappa shape index (κ1) is 19.4. The Kier molecular flexibility index (Phi) is 6.22. The molecule has 144 valence electrons. The molecule has 0 saturated carbocycles. The first-order valence-corrected chi connectivity index (χ1v) is 9.10. The second-order valence-corrected chi connectivity index (χ2v) is 6.53. The van der Waals surface area contributed by atoms with Gasteiger partial charge in [0, 0.05) is 18.2 Å². The van der Waals surface area contributed by atoms with Crippen LogP contribution in [0.1, 0.15) is 11.1 Å². The summed E-state index contributed by atoms with van der Waals surface area (Å²) in [5.74, 6) is 0.533. The lowest BCUT2D eigenvalue weighted by molar-refractivity contribution is -0.121. The van der Waals surface area contributed by atoms with E-state index in [0.717, 1.165) is 22.4 Å². The highest BCUT2D eigenvalue weighted by Crippen LogP contribution is 2.16. The van der Waals surface area contributed by atoms with E-state index < -0.39 is 0 Å². The Morgan fingerprint density at radius 1 is 1.11 bits per heavy atom. The summed E-state index contributed by atoms with van der Waals surface area (Å²) in [5, 5.41) is 7.16. The minimum absolute atomic E-state index is 0.114. The number of carbonyl (C=O) groups is 1. The lowest BCUT2D eigenvalue weighted by Gasteiger charge is -2.09. The molecule has 0 aliphatic rings. The number of nitrogens with one attached hydrogen (secondary N) is 1. The summed E-state index contributed by atoms with van der Waals surface area (Å²) in [7, 11) is 1.62. The second-order valence-electron chi connectivity index (χ2n) is 6.53. The summed E-state index contributed by atoms with van der Waals surface area (Å²) in [4.78, 5) is 24.3. The maximum atomic E-state index is 12.2. The van der Waals surface area contributed by atoms with E-state index in [1.54, 1.807) is 13.2 Å². The van der Waals surface area contributed by atoms with Gasteiger partial charge in [-0.2, -0.15) is 5.10 Å². The SMILES string of the molecule is COc1cccc(CCNC(=O)Cn2nc(-c3ccc(C)cc3)ccc2=O)c1. The van der Waals surface area contributed by atoms with E-state index in [2.05, 4.69) is 10.4 Å². The summed E-state index contributed by atoms with van der Waals surface area (Å²) < 4.78 is 6.39. The van der Waals surface area contributed by atoms with E-state index in [4.69, 9.17) is 4.74 Å². The number of aryl methyl sites for hydroxylation is 1. The highest BCUT2D eigenvalue weighted by molar-refractivity contribution is 5.75. The average molecular weight is 377 g/mol. The molecule has 0 atom stereocenters. The number of amides is 1. The Morgan fingerprint density at radius 3 is 2.64 bits per heavy atom. The molecule has 6 heteroatoms. The van der Waals surface area contributed by atoms with Gasteiger partial charge in [-0.3, -0.25) is 9.59 Å². The molecule has 3 aromatic rings. The van der Waals surface area contributed by atoms with Gasteiger partial charge in [-0.05, 0) is 37.1 Å². The smallest absolute Gasteiger partial charge is 0.267 e. The number of rotatable bonds is 7. The van der Waals surface area contributed by atoms with Gasteiger partial charge in [0.15, 0.2) is 0 Å². The second kappa shape index (κ2) is 8.99. The van der Waals surface area contributed by atoms with Gasteiger partial charge < -0.3 is 10.1 Å². The lowest BCUT2D eigenvalue weighted by atomic mass is 10.1. The van der Waals surface area contributed by atoms with Crippen LogP contribution in [0.3, 0.4) is 0 Å². The number of carbonyl (C=O) groups excluding carboxylic acids is 1. The molecule has 0 spiro atoms.